The number of rotatable bonds is 4. The lowest BCUT2D eigenvalue weighted by atomic mass is 9.81. The van der Waals surface area contributed by atoms with Crippen molar-refractivity contribution in [2.24, 2.45) is 0 Å². The van der Waals surface area contributed by atoms with Crippen molar-refractivity contribution < 1.29 is 15.3 Å². The summed E-state index contributed by atoms with van der Waals surface area (Å²) < 4.78 is 0. The molecule has 0 unspecified atom stereocenters. The monoisotopic (exact) mass is 456 g/mol. The number of phenols is 3. The van der Waals surface area contributed by atoms with Gasteiger partial charge in [0.2, 0.25) is 0 Å². The number of aromatic hydroxyl groups is 3. The molecule has 0 aliphatic heterocycles. The molecule has 0 atom stereocenters. The van der Waals surface area contributed by atoms with Crippen LogP contribution < -0.4 is 0 Å². The zero-order valence-corrected chi connectivity index (χ0v) is 20.2. The highest BCUT2D eigenvalue weighted by atomic mass is 16.3. The zero-order valence-electron chi connectivity index (χ0n) is 20.2. The highest BCUT2D eigenvalue weighted by Crippen LogP contribution is 2.48. The van der Waals surface area contributed by atoms with E-state index >= 15 is 0 Å². The average Bonchev–Trinajstić information content (AvgIpc) is 2.87. The van der Waals surface area contributed by atoms with E-state index in [1.807, 2.05) is 25.1 Å². The maximum Gasteiger partial charge on any atom is 0.124 e. The van der Waals surface area contributed by atoms with E-state index in [9.17, 15) is 15.3 Å². The summed E-state index contributed by atoms with van der Waals surface area (Å²) in [5, 5.41) is 33.0. The molecule has 0 aromatic heterocycles. The Morgan fingerprint density at radius 2 is 0.971 bits per heavy atom. The third-order valence-corrected chi connectivity index (χ3v) is 8.12. The molecule has 3 heteroatoms. The number of benzene rings is 3. The Hall–Kier alpha value is -2.94. The molecular weight excluding hydrogens is 420 g/mol. The van der Waals surface area contributed by atoms with Gasteiger partial charge in [-0.05, 0) is 97.0 Å². The minimum Gasteiger partial charge on any atom is -0.507 e. The van der Waals surface area contributed by atoms with E-state index < -0.39 is 0 Å². The molecule has 0 radical (unpaired) electrons. The minimum atomic E-state index is 0.124. The summed E-state index contributed by atoms with van der Waals surface area (Å²) in [6, 6.07) is 15.4. The van der Waals surface area contributed by atoms with E-state index in [1.54, 1.807) is 18.2 Å². The first-order valence-electron chi connectivity index (χ1n) is 13.0. The lowest BCUT2D eigenvalue weighted by molar-refractivity contribution is 0.441. The molecule has 3 nitrogen and oxygen atoms in total. The predicted molar refractivity (Wildman–Crippen MR) is 139 cm³/mol. The van der Waals surface area contributed by atoms with E-state index in [-0.39, 0.29) is 17.2 Å². The molecule has 0 spiro atoms. The molecule has 0 heterocycles. The van der Waals surface area contributed by atoms with Crippen LogP contribution in [-0.2, 0) is 0 Å². The van der Waals surface area contributed by atoms with Crippen molar-refractivity contribution >= 4 is 0 Å². The first-order chi connectivity index (χ1) is 16.5. The summed E-state index contributed by atoms with van der Waals surface area (Å²) in [5.74, 6) is 1.49. The van der Waals surface area contributed by atoms with Crippen LogP contribution in [0.3, 0.4) is 0 Å². The Kier molecular flexibility index (Phi) is 6.54. The van der Waals surface area contributed by atoms with Crippen molar-refractivity contribution in [3.63, 3.8) is 0 Å². The quantitative estimate of drug-likeness (QED) is 0.368. The lowest BCUT2D eigenvalue weighted by Crippen LogP contribution is -2.05. The van der Waals surface area contributed by atoms with Gasteiger partial charge in [-0.3, -0.25) is 0 Å². The van der Waals surface area contributed by atoms with Gasteiger partial charge in [-0.2, -0.15) is 0 Å². The van der Waals surface area contributed by atoms with Gasteiger partial charge in [0, 0.05) is 16.7 Å². The normalized spacial score (nSPS) is 17.7. The van der Waals surface area contributed by atoms with Gasteiger partial charge in [0.1, 0.15) is 17.2 Å². The maximum atomic E-state index is 11.1. The zero-order chi connectivity index (χ0) is 23.7. The fourth-order valence-corrected chi connectivity index (χ4v) is 6.20. The molecule has 2 fully saturated rings. The Labute approximate surface area is 203 Å². The topological polar surface area (TPSA) is 60.7 Å². The van der Waals surface area contributed by atoms with Gasteiger partial charge in [-0.25, -0.2) is 0 Å². The third kappa shape index (κ3) is 4.41. The molecule has 3 N–H and O–H groups in total. The van der Waals surface area contributed by atoms with Crippen LogP contribution >= 0.6 is 0 Å². The number of hydrogen-bond donors (Lipinski definition) is 3. The largest absolute Gasteiger partial charge is 0.507 e. The highest BCUT2D eigenvalue weighted by molar-refractivity contribution is 5.93. The molecule has 0 saturated heterocycles. The minimum absolute atomic E-state index is 0.124. The van der Waals surface area contributed by atoms with E-state index in [1.165, 1.54) is 75.3 Å². The fourth-order valence-electron chi connectivity index (χ4n) is 6.20. The van der Waals surface area contributed by atoms with Crippen LogP contribution in [0, 0.1) is 6.92 Å². The smallest absolute Gasteiger partial charge is 0.124 e. The van der Waals surface area contributed by atoms with Gasteiger partial charge in [0.15, 0.2) is 0 Å². The van der Waals surface area contributed by atoms with E-state index in [0.717, 1.165) is 16.7 Å². The molecule has 0 amide bonds. The Bertz CT molecular complexity index is 1080. The van der Waals surface area contributed by atoms with Crippen LogP contribution in [0.5, 0.6) is 17.2 Å². The van der Waals surface area contributed by atoms with Crippen molar-refractivity contribution in [2.45, 2.75) is 83.0 Å². The molecule has 34 heavy (non-hydrogen) atoms. The van der Waals surface area contributed by atoms with Gasteiger partial charge in [0.05, 0.1) is 0 Å². The van der Waals surface area contributed by atoms with Crippen LogP contribution in [0.25, 0.3) is 22.3 Å². The van der Waals surface area contributed by atoms with Crippen LogP contribution in [0.4, 0.5) is 0 Å². The van der Waals surface area contributed by atoms with Gasteiger partial charge in [-0.15, -0.1) is 0 Å². The molecule has 5 rings (SSSR count). The summed E-state index contributed by atoms with van der Waals surface area (Å²) in [7, 11) is 0. The van der Waals surface area contributed by atoms with Gasteiger partial charge < -0.3 is 15.3 Å². The van der Waals surface area contributed by atoms with Crippen LogP contribution in [-0.4, -0.2) is 15.3 Å². The van der Waals surface area contributed by atoms with Gasteiger partial charge in [-0.1, -0.05) is 56.7 Å². The molecule has 3 aromatic carbocycles. The summed E-state index contributed by atoms with van der Waals surface area (Å²) >= 11 is 0. The summed E-state index contributed by atoms with van der Waals surface area (Å²) in [6.45, 7) is 2.01. The Morgan fingerprint density at radius 3 is 1.47 bits per heavy atom. The van der Waals surface area contributed by atoms with Crippen LogP contribution in [0.2, 0.25) is 0 Å². The summed E-state index contributed by atoms with van der Waals surface area (Å²) in [5.41, 5.74) is 6.21. The molecule has 0 bridgehead atoms. The van der Waals surface area contributed by atoms with Crippen LogP contribution in [0.15, 0.2) is 48.5 Å². The Balaban J connectivity index is 1.65. The van der Waals surface area contributed by atoms with E-state index in [4.69, 9.17) is 0 Å². The standard InChI is InChI=1S/C31H36O3/c1-20-12-15-29(34)31(26-19-24(14-17-28(26)33)22-10-6-3-7-11-22)30(20)25-18-23(13-16-27(25)32)21-8-4-2-5-9-21/h12-19,21-22,32-34H,2-11H2,1H3. The fraction of sp³-hybridized carbons (Fsp3) is 0.419. The summed E-state index contributed by atoms with van der Waals surface area (Å²) in [6.07, 6.45) is 12.3. The Morgan fingerprint density at radius 1 is 0.529 bits per heavy atom. The second-order valence-electron chi connectivity index (χ2n) is 10.4. The second-order valence-corrected chi connectivity index (χ2v) is 10.4. The van der Waals surface area contributed by atoms with E-state index in [2.05, 4.69) is 12.1 Å². The second kappa shape index (κ2) is 9.74. The lowest BCUT2D eigenvalue weighted by Gasteiger charge is -2.25. The summed E-state index contributed by atoms with van der Waals surface area (Å²) in [4.78, 5) is 0. The molecule has 2 aliphatic carbocycles. The van der Waals surface area contributed by atoms with E-state index in [0.29, 0.717) is 23.0 Å². The van der Waals surface area contributed by atoms with Crippen molar-refractivity contribution in [1.82, 2.24) is 0 Å². The van der Waals surface area contributed by atoms with Crippen molar-refractivity contribution in [2.75, 3.05) is 0 Å². The molecule has 2 saturated carbocycles. The first-order valence-corrected chi connectivity index (χ1v) is 13.0. The van der Waals surface area contributed by atoms with Crippen molar-refractivity contribution in [3.05, 3.63) is 65.2 Å². The highest BCUT2D eigenvalue weighted by Gasteiger charge is 2.24. The SMILES string of the molecule is Cc1ccc(O)c(-c2cc(C3CCCCC3)ccc2O)c1-c1cc(C2CCCCC2)ccc1O. The van der Waals surface area contributed by atoms with Crippen LogP contribution in [0.1, 0.15) is 92.7 Å². The molecular formula is C31H36O3. The van der Waals surface area contributed by atoms with Gasteiger partial charge in [0.25, 0.3) is 0 Å². The number of hydrogen-bond acceptors (Lipinski definition) is 3. The van der Waals surface area contributed by atoms with Crippen molar-refractivity contribution in [1.29, 1.82) is 0 Å². The average molecular weight is 457 g/mol. The van der Waals surface area contributed by atoms with Gasteiger partial charge >= 0.3 is 0 Å². The number of phenolic OH excluding ortho intramolecular Hbond substituents is 3. The molecule has 3 aromatic rings. The predicted octanol–water partition coefficient (Wildman–Crippen LogP) is 8.54. The maximum absolute atomic E-state index is 11.1. The first kappa shape index (κ1) is 22.8. The third-order valence-electron chi connectivity index (χ3n) is 8.12. The molecule has 178 valence electrons. The van der Waals surface area contributed by atoms with Crippen molar-refractivity contribution in [3.8, 4) is 39.5 Å². The number of aryl methyl sites for hydroxylation is 1. The molecule has 2 aliphatic rings.